The molecule has 6 N–H and O–H groups in total. The van der Waals surface area contributed by atoms with Crippen molar-refractivity contribution in [2.75, 3.05) is 13.2 Å². The number of unbranched alkanes of at least 4 members (excludes halogenated alkanes) is 10. The molecule has 0 bridgehead atoms. The molecule has 0 aliphatic heterocycles. The summed E-state index contributed by atoms with van der Waals surface area (Å²) >= 11 is 0. The fourth-order valence-electron chi connectivity index (χ4n) is 5.38. The Hall–Kier alpha value is -2.19. The summed E-state index contributed by atoms with van der Waals surface area (Å²) in [4.78, 5) is 34.3. The Morgan fingerprint density at radius 1 is 0.615 bits per heavy atom. The summed E-state index contributed by atoms with van der Waals surface area (Å²) in [7, 11) is -5.08. The third-order valence-electron chi connectivity index (χ3n) is 8.49. The second kappa shape index (κ2) is 29.2. The van der Waals surface area contributed by atoms with Gasteiger partial charge in [-0.05, 0) is 44.9 Å². The third-order valence-corrected chi connectivity index (χ3v) is 9.47. The zero-order valence-electron chi connectivity index (χ0n) is 31.1. The van der Waals surface area contributed by atoms with Crippen LogP contribution in [0, 0.1) is 0 Å². The standard InChI is InChI=1S/C38H65O13P/c1-3-5-6-7-8-9-10-11-12-13-14-15-16-17-18-19-20-21-22-23-24-25-26-27-32(40)50-30(28-48-31(39)4-2)29-49-52(46,47)51-38-36(44)34(42)33(41)35(43)37(38)45/h5-6,8-9,11-12,14-15,30,33-38,41-45H,3-4,7,10,13,16-29H2,1-2H3,(H,46,47)/b6-5-,9-8-,12-11-,15-14-. The molecular formula is C38H65O13P. The van der Waals surface area contributed by atoms with Crippen LogP contribution in [-0.2, 0) is 32.7 Å². The number of hydrogen-bond donors (Lipinski definition) is 6. The van der Waals surface area contributed by atoms with Gasteiger partial charge in [-0.25, -0.2) is 4.57 Å². The van der Waals surface area contributed by atoms with Crippen LogP contribution >= 0.6 is 7.82 Å². The Kier molecular flexibility index (Phi) is 26.9. The average molecular weight is 761 g/mol. The SMILES string of the molecule is CC/C=C\C/C=C\C/C=C\C/C=C\CCCCCCCCCCCCC(=O)OC(COC(=O)CC)COP(=O)(O)OC1C(O)C(O)C(O)C(O)C1O. The van der Waals surface area contributed by atoms with Crippen molar-refractivity contribution in [3.63, 3.8) is 0 Å². The largest absolute Gasteiger partial charge is 0.472 e. The van der Waals surface area contributed by atoms with Gasteiger partial charge in [0.2, 0.25) is 0 Å². The Morgan fingerprint density at radius 3 is 1.60 bits per heavy atom. The van der Waals surface area contributed by atoms with E-state index >= 15 is 0 Å². The molecule has 1 aliphatic rings. The number of phosphoric acid groups is 1. The number of ether oxygens (including phenoxy) is 2. The second-order valence-electron chi connectivity index (χ2n) is 13.0. The van der Waals surface area contributed by atoms with Crippen molar-refractivity contribution in [2.24, 2.45) is 0 Å². The number of allylic oxidation sites excluding steroid dienone is 8. The lowest BCUT2D eigenvalue weighted by atomic mass is 9.85. The minimum Gasteiger partial charge on any atom is -0.462 e. The summed E-state index contributed by atoms with van der Waals surface area (Å²) < 4.78 is 32.5. The molecule has 0 spiro atoms. The van der Waals surface area contributed by atoms with Crippen LogP contribution in [0.5, 0.6) is 0 Å². The quantitative estimate of drug-likeness (QED) is 0.0236. The van der Waals surface area contributed by atoms with Gasteiger partial charge in [0, 0.05) is 12.8 Å². The van der Waals surface area contributed by atoms with E-state index in [2.05, 4.69) is 55.5 Å². The maximum absolute atomic E-state index is 12.5. The number of hydrogen-bond acceptors (Lipinski definition) is 12. The zero-order valence-corrected chi connectivity index (χ0v) is 32.0. The van der Waals surface area contributed by atoms with Crippen molar-refractivity contribution >= 4 is 19.8 Å². The van der Waals surface area contributed by atoms with Crippen LogP contribution in [0.4, 0.5) is 0 Å². The fourth-order valence-corrected chi connectivity index (χ4v) is 6.35. The lowest BCUT2D eigenvalue weighted by Gasteiger charge is -2.41. The van der Waals surface area contributed by atoms with Gasteiger partial charge >= 0.3 is 19.8 Å². The topological polar surface area (TPSA) is 210 Å². The number of phosphoric ester groups is 1. The van der Waals surface area contributed by atoms with E-state index in [-0.39, 0.29) is 12.8 Å². The fraction of sp³-hybridized carbons (Fsp3) is 0.737. The van der Waals surface area contributed by atoms with Crippen LogP contribution in [0.3, 0.4) is 0 Å². The van der Waals surface area contributed by atoms with E-state index in [4.69, 9.17) is 18.5 Å². The molecule has 13 nitrogen and oxygen atoms in total. The first-order valence-corrected chi connectivity index (χ1v) is 20.4. The van der Waals surface area contributed by atoms with Gasteiger partial charge in [0.25, 0.3) is 0 Å². The Labute approximate surface area is 310 Å². The minimum absolute atomic E-state index is 0.0454. The van der Waals surface area contributed by atoms with E-state index in [0.717, 1.165) is 57.8 Å². The molecular weight excluding hydrogens is 695 g/mol. The highest BCUT2D eigenvalue weighted by atomic mass is 31.2. The molecule has 6 atom stereocenters. The van der Waals surface area contributed by atoms with E-state index in [0.29, 0.717) is 6.42 Å². The van der Waals surface area contributed by atoms with Crippen LogP contribution in [0.1, 0.15) is 123 Å². The van der Waals surface area contributed by atoms with Gasteiger partial charge in [-0.2, -0.15) is 0 Å². The first-order valence-electron chi connectivity index (χ1n) is 18.9. The van der Waals surface area contributed by atoms with Gasteiger partial charge in [-0.1, -0.05) is 114 Å². The highest BCUT2D eigenvalue weighted by molar-refractivity contribution is 7.47. The van der Waals surface area contributed by atoms with Crippen molar-refractivity contribution in [1.82, 2.24) is 0 Å². The molecule has 300 valence electrons. The first kappa shape index (κ1) is 47.8. The normalized spacial score (nSPS) is 24.2. The summed E-state index contributed by atoms with van der Waals surface area (Å²) in [5, 5.41) is 49.5. The highest BCUT2D eigenvalue weighted by Crippen LogP contribution is 2.47. The molecule has 0 radical (unpaired) electrons. The highest BCUT2D eigenvalue weighted by Gasteiger charge is 2.51. The summed E-state index contributed by atoms with van der Waals surface area (Å²) in [5.74, 6) is -1.21. The number of aliphatic hydroxyl groups excluding tert-OH is 5. The molecule has 0 heterocycles. The Morgan fingerprint density at radius 2 is 1.08 bits per heavy atom. The number of rotatable bonds is 29. The van der Waals surface area contributed by atoms with Crippen LogP contribution in [0.15, 0.2) is 48.6 Å². The van der Waals surface area contributed by atoms with E-state index in [1.54, 1.807) is 6.92 Å². The van der Waals surface area contributed by atoms with Crippen molar-refractivity contribution in [1.29, 1.82) is 0 Å². The van der Waals surface area contributed by atoms with Crippen molar-refractivity contribution < 1.29 is 63.1 Å². The number of carbonyl (C=O) groups is 2. The van der Waals surface area contributed by atoms with E-state index in [1.807, 2.05) is 0 Å². The predicted octanol–water partition coefficient (Wildman–Crippen LogP) is 5.66. The van der Waals surface area contributed by atoms with Crippen molar-refractivity contribution in [2.45, 2.75) is 166 Å². The van der Waals surface area contributed by atoms with Gasteiger partial charge in [0.15, 0.2) is 6.10 Å². The van der Waals surface area contributed by atoms with Gasteiger partial charge in [-0.3, -0.25) is 18.6 Å². The number of carbonyl (C=O) groups excluding carboxylic acids is 2. The third kappa shape index (κ3) is 22.1. The predicted molar refractivity (Wildman–Crippen MR) is 198 cm³/mol. The lowest BCUT2D eigenvalue weighted by Crippen LogP contribution is -2.64. The molecule has 1 fully saturated rings. The van der Waals surface area contributed by atoms with Crippen LogP contribution in [-0.4, -0.2) is 98.3 Å². The molecule has 1 saturated carbocycles. The van der Waals surface area contributed by atoms with E-state index in [9.17, 15) is 44.6 Å². The van der Waals surface area contributed by atoms with Gasteiger partial charge in [0.05, 0.1) is 6.61 Å². The minimum atomic E-state index is -5.08. The average Bonchev–Trinajstić information content (AvgIpc) is 3.13. The summed E-state index contributed by atoms with van der Waals surface area (Å²) in [5.41, 5.74) is 0. The van der Waals surface area contributed by atoms with Crippen LogP contribution in [0.2, 0.25) is 0 Å². The smallest absolute Gasteiger partial charge is 0.462 e. The van der Waals surface area contributed by atoms with Gasteiger partial charge < -0.3 is 39.9 Å². The maximum Gasteiger partial charge on any atom is 0.472 e. The lowest BCUT2D eigenvalue weighted by molar-refractivity contribution is -0.220. The maximum atomic E-state index is 12.5. The molecule has 0 aromatic carbocycles. The Bertz CT molecular complexity index is 1110. The molecule has 0 aromatic heterocycles. The molecule has 0 amide bonds. The van der Waals surface area contributed by atoms with Crippen LogP contribution in [0.25, 0.3) is 0 Å². The first-order chi connectivity index (χ1) is 24.9. The second-order valence-corrected chi connectivity index (χ2v) is 14.4. The molecule has 1 rings (SSSR count). The zero-order chi connectivity index (χ0) is 38.6. The van der Waals surface area contributed by atoms with E-state index in [1.165, 1.54) is 32.1 Å². The summed E-state index contributed by atoms with van der Waals surface area (Å²) in [6, 6.07) is 0. The molecule has 0 saturated heterocycles. The van der Waals surface area contributed by atoms with Gasteiger partial charge in [0.1, 0.15) is 43.2 Å². The summed E-state index contributed by atoms with van der Waals surface area (Å²) in [6.45, 7) is 2.50. The Balaban J connectivity index is 2.21. The molecule has 14 heteroatoms. The summed E-state index contributed by atoms with van der Waals surface area (Å²) in [6.07, 6.45) is 20.5. The molecule has 0 aromatic rings. The van der Waals surface area contributed by atoms with E-state index < -0.39 is 75.7 Å². The molecule has 1 aliphatic carbocycles. The number of esters is 2. The van der Waals surface area contributed by atoms with Crippen LogP contribution < -0.4 is 0 Å². The van der Waals surface area contributed by atoms with Crippen molar-refractivity contribution in [3.05, 3.63) is 48.6 Å². The number of aliphatic hydroxyl groups is 5. The van der Waals surface area contributed by atoms with Crippen molar-refractivity contribution in [3.8, 4) is 0 Å². The molecule has 6 unspecified atom stereocenters. The molecule has 52 heavy (non-hydrogen) atoms. The monoisotopic (exact) mass is 760 g/mol. The van der Waals surface area contributed by atoms with Gasteiger partial charge in [-0.15, -0.1) is 0 Å².